The lowest BCUT2D eigenvalue weighted by Gasteiger charge is -2.12. The third kappa shape index (κ3) is 3.37. The zero-order valence-corrected chi connectivity index (χ0v) is 7.41. The maximum atomic E-state index is 10.7. The number of primary amides is 1. The lowest BCUT2D eigenvalue weighted by atomic mass is 9.93. The monoisotopic (exact) mass is 173 g/mol. The molecule has 0 saturated heterocycles. The molecule has 0 fully saturated rings. The van der Waals surface area contributed by atoms with E-state index in [4.69, 9.17) is 10.8 Å². The van der Waals surface area contributed by atoms with Gasteiger partial charge in [0.05, 0.1) is 5.92 Å². The zero-order valence-electron chi connectivity index (χ0n) is 7.41. The van der Waals surface area contributed by atoms with Crippen molar-refractivity contribution in [2.45, 2.75) is 26.7 Å². The van der Waals surface area contributed by atoms with E-state index in [-0.39, 0.29) is 5.92 Å². The molecule has 0 aromatic carbocycles. The molecule has 0 aromatic rings. The first kappa shape index (κ1) is 10.9. The van der Waals surface area contributed by atoms with E-state index in [1.54, 1.807) is 6.92 Å². The zero-order chi connectivity index (χ0) is 9.72. The number of nitrogens with two attached hydrogens (primary N) is 1. The van der Waals surface area contributed by atoms with Gasteiger partial charge < -0.3 is 10.8 Å². The molecule has 12 heavy (non-hydrogen) atoms. The molecular weight excluding hydrogens is 158 g/mol. The third-order valence-electron chi connectivity index (χ3n) is 1.95. The highest BCUT2D eigenvalue weighted by atomic mass is 16.4. The number of hydrogen-bond acceptors (Lipinski definition) is 2. The maximum absolute atomic E-state index is 10.7. The van der Waals surface area contributed by atoms with Crippen molar-refractivity contribution < 1.29 is 14.7 Å². The predicted octanol–water partition coefficient (Wildman–Crippen LogP) is 0.609. The van der Waals surface area contributed by atoms with Gasteiger partial charge in [-0.3, -0.25) is 9.59 Å². The smallest absolute Gasteiger partial charge is 0.306 e. The van der Waals surface area contributed by atoms with Gasteiger partial charge in [0.15, 0.2) is 0 Å². The molecule has 3 N–H and O–H groups in total. The van der Waals surface area contributed by atoms with Crippen LogP contribution >= 0.6 is 0 Å². The number of amides is 1. The van der Waals surface area contributed by atoms with Crippen LogP contribution in [0.15, 0.2) is 0 Å². The molecule has 0 aliphatic rings. The Hall–Kier alpha value is -1.06. The number of rotatable bonds is 5. The van der Waals surface area contributed by atoms with Crippen molar-refractivity contribution in [1.82, 2.24) is 0 Å². The lowest BCUT2D eigenvalue weighted by Crippen LogP contribution is -2.26. The highest BCUT2D eigenvalue weighted by molar-refractivity contribution is 5.77. The second-order valence-electron chi connectivity index (χ2n) is 2.98. The minimum absolute atomic E-state index is 0.309. The second-order valence-corrected chi connectivity index (χ2v) is 2.98. The quantitative estimate of drug-likeness (QED) is 0.639. The van der Waals surface area contributed by atoms with Gasteiger partial charge in [-0.1, -0.05) is 13.8 Å². The van der Waals surface area contributed by atoms with Gasteiger partial charge >= 0.3 is 5.97 Å². The molecule has 0 aliphatic heterocycles. The maximum Gasteiger partial charge on any atom is 0.306 e. The average Bonchev–Trinajstić information content (AvgIpc) is 1.98. The van der Waals surface area contributed by atoms with Crippen LogP contribution in [0, 0.1) is 11.8 Å². The fourth-order valence-electron chi connectivity index (χ4n) is 1.01. The fourth-order valence-corrected chi connectivity index (χ4v) is 1.01. The summed E-state index contributed by atoms with van der Waals surface area (Å²) in [6.45, 7) is 3.40. The van der Waals surface area contributed by atoms with Gasteiger partial charge in [0, 0.05) is 5.92 Å². The van der Waals surface area contributed by atoms with E-state index in [0.717, 1.165) is 0 Å². The van der Waals surface area contributed by atoms with Gasteiger partial charge in [0.1, 0.15) is 0 Å². The van der Waals surface area contributed by atoms with Crippen LogP contribution in [0.2, 0.25) is 0 Å². The standard InChI is InChI=1S/C8H15NO3/c1-3-6(7(9)10)4-5(2)8(11)12/h5-6H,3-4H2,1-2H3,(H2,9,10)(H,11,12)/t5-,6+/m0/s1. The van der Waals surface area contributed by atoms with Crippen molar-refractivity contribution >= 4 is 11.9 Å². The molecule has 4 heteroatoms. The highest BCUT2D eigenvalue weighted by Gasteiger charge is 2.20. The molecule has 1 amide bonds. The van der Waals surface area contributed by atoms with Crippen LogP contribution < -0.4 is 5.73 Å². The molecule has 0 spiro atoms. The van der Waals surface area contributed by atoms with Crippen LogP contribution in [0.1, 0.15) is 26.7 Å². The summed E-state index contributed by atoms with van der Waals surface area (Å²) in [5.41, 5.74) is 5.06. The first-order valence-corrected chi connectivity index (χ1v) is 4.01. The SMILES string of the molecule is CC[C@H](C[C@H](C)C(=O)O)C(N)=O. The molecule has 0 radical (unpaired) electrons. The molecule has 0 heterocycles. The predicted molar refractivity (Wildman–Crippen MR) is 44.4 cm³/mol. The fraction of sp³-hybridized carbons (Fsp3) is 0.750. The van der Waals surface area contributed by atoms with Gasteiger partial charge in [-0.15, -0.1) is 0 Å². The van der Waals surface area contributed by atoms with Crippen LogP contribution in [0.3, 0.4) is 0 Å². The Balaban J connectivity index is 4.02. The molecular formula is C8H15NO3. The first-order chi connectivity index (χ1) is 5.49. The number of carbonyl (C=O) groups excluding carboxylic acids is 1. The minimum Gasteiger partial charge on any atom is -0.481 e. The number of carboxylic acid groups (broad SMARTS) is 1. The number of hydrogen-bond donors (Lipinski definition) is 2. The normalized spacial score (nSPS) is 15.2. The van der Waals surface area contributed by atoms with Crippen LogP contribution in [0.5, 0.6) is 0 Å². The van der Waals surface area contributed by atoms with Gasteiger partial charge in [0.2, 0.25) is 5.91 Å². The van der Waals surface area contributed by atoms with Crippen molar-refractivity contribution in [2.24, 2.45) is 17.6 Å². The van der Waals surface area contributed by atoms with Gasteiger partial charge in [0.25, 0.3) is 0 Å². The minimum atomic E-state index is -0.880. The Bertz CT molecular complexity index is 179. The van der Waals surface area contributed by atoms with Crippen LogP contribution in [-0.2, 0) is 9.59 Å². The lowest BCUT2D eigenvalue weighted by molar-refractivity contribution is -0.141. The largest absolute Gasteiger partial charge is 0.481 e. The van der Waals surface area contributed by atoms with Crippen molar-refractivity contribution in [3.05, 3.63) is 0 Å². The van der Waals surface area contributed by atoms with E-state index in [0.29, 0.717) is 12.8 Å². The van der Waals surface area contributed by atoms with Gasteiger partial charge in [-0.05, 0) is 12.8 Å². The van der Waals surface area contributed by atoms with Crippen molar-refractivity contribution in [3.63, 3.8) is 0 Å². The van der Waals surface area contributed by atoms with E-state index < -0.39 is 17.8 Å². The van der Waals surface area contributed by atoms with E-state index in [2.05, 4.69) is 0 Å². The molecule has 0 aromatic heterocycles. The summed E-state index contributed by atoms with van der Waals surface area (Å²) >= 11 is 0. The van der Waals surface area contributed by atoms with Gasteiger partial charge in [-0.2, -0.15) is 0 Å². The molecule has 2 atom stereocenters. The topological polar surface area (TPSA) is 80.4 Å². The summed E-state index contributed by atoms with van der Waals surface area (Å²) in [6, 6.07) is 0. The molecule has 4 nitrogen and oxygen atoms in total. The molecule has 0 rings (SSSR count). The van der Waals surface area contributed by atoms with Crippen LogP contribution in [0.4, 0.5) is 0 Å². The van der Waals surface area contributed by atoms with Crippen molar-refractivity contribution in [3.8, 4) is 0 Å². The van der Waals surface area contributed by atoms with Crippen molar-refractivity contribution in [1.29, 1.82) is 0 Å². The van der Waals surface area contributed by atoms with Crippen LogP contribution in [0.25, 0.3) is 0 Å². The summed E-state index contributed by atoms with van der Waals surface area (Å²) in [5.74, 6) is -2.10. The summed E-state index contributed by atoms with van der Waals surface area (Å²) in [7, 11) is 0. The van der Waals surface area contributed by atoms with E-state index in [1.165, 1.54) is 0 Å². The van der Waals surface area contributed by atoms with Crippen molar-refractivity contribution in [2.75, 3.05) is 0 Å². The Labute approximate surface area is 71.8 Å². The molecule has 0 unspecified atom stereocenters. The number of carbonyl (C=O) groups is 2. The first-order valence-electron chi connectivity index (χ1n) is 4.01. The van der Waals surface area contributed by atoms with E-state index in [9.17, 15) is 9.59 Å². The summed E-state index contributed by atoms with van der Waals surface area (Å²) < 4.78 is 0. The Morgan fingerprint density at radius 3 is 2.25 bits per heavy atom. The second kappa shape index (κ2) is 4.74. The Morgan fingerprint density at radius 1 is 1.50 bits per heavy atom. The molecule has 0 bridgehead atoms. The van der Waals surface area contributed by atoms with Gasteiger partial charge in [-0.25, -0.2) is 0 Å². The summed E-state index contributed by atoms with van der Waals surface area (Å²) in [4.78, 5) is 21.1. The Kier molecular flexibility index (Phi) is 4.33. The molecule has 0 aliphatic carbocycles. The summed E-state index contributed by atoms with van der Waals surface area (Å²) in [5, 5.41) is 8.56. The van der Waals surface area contributed by atoms with Crippen LogP contribution in [-0.4, -0.2) is 17.0 Å². The number of aliphatic carboxylic acids is 1. The third-order valence-corrected chi connectivity index (χ3v) is 1.95. The Morgan fingerprint density at radius 2 is 2.00 bits per heavy atom. The summed E-state index contributed by atoms with van der Waals surface area (Å²) in [6.07, 6.45) is 0.939. The molecule has 70 valence electrons. The number of carboxylic acids is 1. The van der Waals surface area contributed by atoms with E-state index >= 15 is 0 Å². The average molecular weight is 173 g/mol. The highest BCUT2D eigenvalue weighted by Crippen LogP contribution is 2.14. The van der Waals surface area contributed by atoms with E-state index in [1.807, 2.05) is 6.92 Å². The molecule has 0 saturated carbocycles.